The molecule has 0 radical (unpaired) electrons. The van der Waals surface area contributed by atoms with Crippen LogP contribution in [-0.2, 0) is 4.74 Å². The van der Waals surface area contributed by atoms with Crippen molar-refractivity contribution in [3.8, 4) is 0 Å². The zero-order valence-electron chi connectivity index (χ0n) is 10.0. The Balaban J connectivity index is 4.49. The Labute approximate surface area is 87.7 Å². The van der Waals surface area contributed by atoms with E-state index in [1.54, 1.807) is 0 Å². The lowest BCUT2D eigenvalue weighted by Gasteiger charge is -2.27. The van der Waals surface area contributed by atoms with E-state index < -0.39 is 0 Å². The molecule has 0 aliphatic heterocycles. The van der Waals surface area contributed by atoms with Crippen LogP contribution in [0.1, 0.15) is 34.6 Å². The normalized spacial score (nSPS) is 15.4. The van der Waals surface area contributed by atoms with Gasteiger partial charge in [-0.2, -0.15) is 0 Å². The zero-order chi connectivity index (χ0) is 11.1. The summed E-state index contributed by atoms with van der Waals surface area (Å²) in [5.41, 5.74) is 4.05. The average molecular weight is 200 g/mol. The molecule has 0 spiro atoms. The summed E-state index contributed by atoms with van der Waals surface area (Å²) < 4.78 is 5.67. The van der Waals surface area contributed by atoms with E-state index in [0.717, 1.165) is 6.61 Å². The van der Waals surface area contributed by atoms with Crippen LogP contribution in [0.25, 0.3) is 0 Å². The minimum atomic E-state index is 0.0972. The third-order valence-electron chi connectivity index (χ3n) is 2.08. The lowest BCUT2D eigenvalue weighted by Crippen LogP contribution is -2.46. The Hall–Kier alpha value is -0.380. The van der Waals surface area contributed by atoms with Crippen LogP contribution >= 0.6 is 0 Å². The van der Waals surface area contributed by atoms with Crippen LogP contribution in [0.15, 0.2) is 11.6 Å². The molecule has 0 aliphatic carbocycles. The first-order chi connectivity index (χ1) is 6.52. The summed E-state index contributed by atoms with van der Waals surface area (Å²) in [5, 5.41) is 0. The summed E-state index contributed by atoms with van der Waals surface area (Å²) in [7, 11) is 0. The van der Waals surface area contributed by atoms with Gasteiger partial charge in [-0.1, -0.05) is 25.5 Å². The van der Waals surface area contributed by atoms with Crippen LogP contribution in [0.5, 0.6) is 0 Å². The van der Waals surface area contributed by atoms with E-state index in [2.05, 4.69) is 39.2 Å². The number of hydrogen-bond acceptors (Lipinski definition) is 3. The molecule has 0 saturated carbocycles. The van der Waals surface area contributed by atoms with Crippen LogP contribution < -0.4 is 11.3 Å². The second-order valence-electron chi connectivity index (χ2n) is 4.10. The van der Waals surface area contributed by atoms with Crippen molar-refractivity contribution in [1.82, 2.24) is 5.43 Å². The maximum Gasteiger partial charge on any atom is 0.0799 e. The molecule has 0 bridgehead atoms. The summed E-state index contributed by atoms with van der Waals surface area (Å²) in [6, 6.07) is 0.0972. The number of rotatable bonds is 6. The second kappa shape index (κ2) is 6.98. The second-order valence-corrected chi connectivity index (χ2v) is 4.10. The molecule has 3 nitrogen and oxygen atoms in total. The van der Waals surface area contributed by atoms with Gasteiger partial charge >= 0.3 is 0 Å². The molecule has 14 heavy (non-hydrogen) atoms. The molecule has 2 unspecified atom stereocenters. The highest BCUT2D eigenvalue weighted by Crippen LogP contribution is 2.13. The monoisotopic (exact) mass is 200 g/mol. The van der Waals surface area contributed by atoms with Gasteiger partial charge in [0.15, 0.2) is 0 Å². The number of nitrogens with two attached hydrogens (primary N) is 1. The van der Waals surface area contributed by atoms with Crippen molar-refractivity contribution in [2.75, 3.05) is 6.61 Å². The lowest BCUT2D eigenvalue weighted by molar-refractivity contribution is 0.0143. The Morgan fingerprint density at radius 1 is 1.43 bits per heavy atom. The van der Waals surface area contributed by atoms with Gasteiger partial charge in [0.05, 0.1) is 12.1 Å². The predicted octanol–water partition coefficient (Wildman–Crippen LogP) is 1.85. The highest BCUT2D eigenvalue weighted by molar-refractivity contribution is 5.03. The van der Waals surface area contributed by atoms with Gasteiger partial charge in [0.2, 0.25) is 0 Å². The summed E-state index contributed by atoms with van der Waals surface area (Å²) in [6.45, 7) is 11.1. The lowest BCUT2D eigenvalue weighted by atomic mass is 9.98. The van der Waals surface area contributed by atoms with Crippen molar-refractivity contribution >= 4 is 0 Å². The van der Waals surface area contributed by atoms with E-state index in [4.69, 9.17) is 10.6 Å². The van der Waals surface area contributed by atoms with Gasteiger partial charge in [-0.25, -0.2) is 0 Å². The van der Waals surface area contributed by atoms with Gasteiger partial charge in [0, 0.05) is 6.61 Å². The standard InChI is InChI=1S/C11H24N2O/c1-6-14-11(9(4)5)10(13-12)7-8(2)3/h7,9-11,13H,6,12H2,1-5H3. The summed E-state index contributed by atoms with van der Waals surface area (Å²) in [5.74, 6) is 5.97. The molecule has 0 aromatic rings. The molecule has 0 aliphatic rings. The smallest absolute Gasteiger partial charge is 0.0799 e. The van der Waals surface area contributed by atoms with Gasteiger partial charge in [-0.15, -0.1) is 0 Å². The SMILES string of the molecule is CCOC(C(C)C)C(C=C(C)C)NN. The maximum atomic E-state index is 5.67. The highest BCUT2D eigenvalue weighted by Gasteiger charge is 2.21. The molecule has 0 rings (SSSR count). The molecule has 84 valence electrons. The van der Waals surface area contributed by atoms with E-state index >= 15 is 0 Å². The molecule has 0 fully saturated rings. The van der Waals surface area contributed by atoms with E-state index in [1.165, 1.54) is 5.57 Å². The predicted molar refractivity (Wildman–Crippen MR) is 60.8 cm³/mol. The number of hydrazine groups is 1. The Morgan fingerprint density at radius 3 is 2.29 bits per heavy atom. The molecular formula is C11H24N2O. The van der Waals surface area contributed by atoms with Crippen molar-refractivity contribution in [1.29, 1.82) is 0 Å². The summed E-state index contributed by atoms with van der Waals surface area (Å²) in [4.78, 5) is 0. The Bertz CT molecular complexity index is 174. The fourth-order valence-corrected chi connectivity index (χ4v) is 1.50. The van der Waals surface area contributed by atoms with Crippen LogP contribution in [0.2, 0.25) is 0 Å². The van der Waals surface area contributed by atoms with Crippen LogP contribution in [0.3, 0.4) is 0 Å². The summed E-state index contributed by atoms with van der Waals surface area (Å²) in [6.07, 6.45) is 2.25. The Morgan fingerprint density at radius 2 is 2.00 bits per heavy atom. The van der Waals surface area contributed by atoms with Gasteiger partial charge in [0.1, 0.15) is 0 Å². The molecule has 0 aromatic carbocycles. The minimum absolute atomic E-state index is 0.0972. The van der Waals surface area contributed by atoms with Crippen molar-refractivity contribution in [2.45, 2.75) is 46.8 Å². The van der Waals surface area contributed by atoms with Crippen molar-refractivity contribution in [3.63, 3.8) is 0 Å². The minimum Gasteiger partial charge on any atom is -0.376 e. The number of nitrogens with one attached hydrogen (secondary N) is 1. The molecule has 0 amide bonds. The first kappa shape index (κ1) is 13.6. The average Bonchev–Trinajstić information content (AvgIpc) is 2.10. The van der Waals surface area contributed by atoms with Crippen molar-refractivity contribution in [2.24, 2.45) is 11.8 Å². The number of ether oxygens (including phenoxy) is 1. The van der Waals surface area contributed by atoms with E-state index in [0.29, 0.717) is 5.92 Å². The quantitative estimate of drug-likeness (QED) is 0.391. The van der Waals surface area contributed by atoms with Gasteiger partial charge in [-0.05, 0) is 26.7 Å². The third kappa shape index (κ3) is 4.74. The van der Waals surface area contributed by atoms with Crippen LogP contribution in [0, 0.1) is 5.92 Å². The number of hydrogen-bond donors (Lipinski definition) is 2. The van der Waals surface area contributed by atoms with E-state index in [-0.39, 0.29) is 12.1 Å². The Kier molecular flexibility index (Phi) is 6.79. The van der Waals surface area contributed by atoms with Gasteiger partial charge in [-0.3, -0.25) is 11.3 Å². The molecular weight excluding hydrogens is 176 g/mol. The highest BCUT2D eigenvalue weighted by atomic mass is 16.5. The largest absolute Gasteiger partial charge is 0.376 e. The fraction of sp³-hybridized carbons (Fsp3) is 0.818. The molecule has 0 heterocycles. The number of allylic oxidation sites excluding steroid dienone is 1. The third-order valence-corrected chi connectivity index (χ3v) is 2.08. The van der Waals surface area contributed by atoms with Gasteiger partial charge in [0.25, 0.3) is 0 Å². The maximum absolute atomic E-state index is 5.67. The molecule has 3 heteroatoms. The first-order valence-corrected chi connectivity index (χ1v) is 5.25. The van der Waals surface area contributed by atoms with Crippen molar-refractivity contribution in [3.05, 3.63) is 11.6 Å². The zero-order valence-corrected chi connectivity index (χ0v) is 10.0. The van der Waals surface area contributed by atoms with Crippen LogP contribution in [-0.4, -0.2) is 18.8 Å². The molecule has 2 atom stereocenters. The fourth-order valence-electron chi connectivity index (χ4n) is 1.50. The summed E-state index contributed by atoms with van der Waals surface area (Å²) >= 11 is 0. The van der Waals surface area contributed by atoms with E-state index in [1.807, 2.05) is 6.92 Å². The molecule has 0 aromatic heterocycles. The first-order valence-electron chi connectivity index (χ1n) is 5.25. The van der Waals surface area contributed by atoms with Crippen molar-refractivity contribution < 1.29 is 4.74 Å². The van der Waals surface area contributed by atoms with Crippen LogP contribution in [0.4, 0.5) is 0 Å². The van der Waals surface area contributed by atoms with E-state index in [9.17, 15) is 0 Å². The molecule has 3 N–H and O–H groups in total. The topological polar surface area (TPSA) is 47.3 Å². The van der Waals surface area contributed by atoms with Gasteiger partial charge < -0.3 is 4.74 Å². The molecule has 0 saturated heterocycles.